The van der Waals surface area contributed by atoms with Gasteiger partial charge in [-0.25, -0.2) is 0 Å². The van der Waals surface area contributed by atoms with Crippen molar-refractivity contribution in [2.24, 2.45) is 0 Å². The molecule has 1 heterocycles. The predicted molar refractivity (Wildman–Crippen MR) is 144 cm³/mol. The average Bonchev–Trinajstić information content (AvgIpc) is 3.06. The number of nitrogens with zero attached hydrogens (tertiary/aromatic N) is 2. The molecule has 0 aliphatic heterocycles. The second-order valence-corrected chi connectivity index (χ2v) is 9.96. The van der Waals surface area contributed by atoms with Gasteiger partial charge in [0.05, 0.1) is 6.54 Å². The Morgan fingerprint density at radius 3 is 2.52 bits per heavy atom. The van der Waals surface area contributed by atoms with E-state index in [0.717, 1.165) is 34.5 Å². The van der Waals surface area contributed by atoms with Crippen LogP contribution in [0, 0.1) is 13.8 Å². The Labute approximate surface area is 208 Å². The lowest BCUT2D eigenvalue weighted by molar-refractivity contribution is 0.274. The van der Waals surface area contributed by atoms with Gasteiger partial charge in [0.15, 0.2) is 5.11 Å². The first-order chi connectivity index (χ1) is 16.0. The molecule has 1 aliphatic carbocycles. The summed E-state index contributed by atoms with van der Waals surface area (Å²) in [5.41, 5.74) is 6.02. The van der Waals surface area contributed by atoms with Gasteiger partial charge in [-0.05, 0) is 79.9 Å². The third-order valence-electron chi connectivity index (χ3n) is 6.93. The van der Waals surface area contributed by atoms with Crippen molar-refractivity contribution in [2.75, 3.05) is 5.32 Å². The lowest BCUT2D eigenvalue weighted by Crippen LogP contribution is -2.42. The highest BCUT2D eigenvalue weighted by atomic mass is 35.5. The van der Waals surface area contributed by atoms with Crippen LogP contribution in [0.5, 0.6) is 0 Å². The molecule has 174 valence electrons. The minimum atomic E-state index is 0.460. The third-order valence-corrected chi connectivity index (χ3v) is 7.63. The van der Waals surface area contributed by atoms with Crippen LogP contribution in [0.1, 0.15) is 60.9 Å². The molecule has 2 aromatic carbocycles. The van der Waals surface area contributed by atoms with E-state index in [1.165, 1.54) is 55.3 Å². The van der Waals surface area contributed by atoms with Crippen LogP contribution in [0.15, 0.2) is 60.8 Å². The van der Waals surface area contributed by atoms with Gasteiger partial charge in [-0.3, -0.25) is 0 Å². The molecule has 1 fully saturated rings. The topological polar surface area (TPSA) is 20.2 Å². The highest BCUT2D eigenvalue weighted by Crippen LogP contribution is 2.26. The lowest BCUT2D eigenvalue weighted by atomic mass is 10.1. The number of aryl methyl sites for hydroxylation is 1. The molecule has 3 aromatic rings. The van der Waals surface area contributed by atoms with Crippen LogP contribution in [0.25, 0.3) is 0 Å². The Morgan fingerprint density at radius 1 is 1.00 bits per heavy atom. The first kappa shape index (κ1) is 23.8. The van der Waals surface area contributed by atoms with Gasteiger partial charge in [0.25, 0.3) is 0 Å². The Balaban J connectivity index is 1.58. The largest absolute Gasteiger partial charge is 0.345 e. The third kappa shape index (κ3) is 5.99. The monoisotopic (exact) mass is 479 g/mol. The van der Waals surface area contributed by atoms with Crippen LogP contribution in [0.4, 0.5) is 5.69 Å². The zero-order chi connectivity index (χ0) is 23.2. The number of nitrogens with one attached hydrogen (secondary N) is 1. The van der Waals surface area contributed by atoms with E-state index in [1.807, 2.05) is 18.2 Å². The molecule has 0 unspecified atom stereocenters. The molecule has 5 heteroatoms. The highest BCUT2D eigenvalue weighted by Gasteiger charge is 2.24. The molecule has 0 atom stereocenters. The summed E-state index contributed by atoms with van der Waals surface area (Å²) in [5, 5.41) is 5.22. The second kappa shape index (κ2) is 11.2. The van der Waals surface area contributed by atoms with E-state index in [0.29, 0.717) is 6.04 Å². The lowest BCUT2D eigenvalue weighted by Gasteiger charge is -2.34. The Morgan fingerprint density at radius 2 is 1.76 bits per heavy atom. The maximum Gasteiger partial charge on any atom is 0.174 e. The van der Waals surface area contributed by atoms with Crippen LogP contribution in [-0.4, -0.2) is 20.6 Å². The van der Waals surface area contributed by atoms with Gasteiger partial charge >= 0.3 is 0 Å². The first-order valence-corrected chi connectivity index (χ1v) is 12.8. The minimum Gasteiger partial charge on any atom is -0.345 e. The van der Waals surface area contributed by atoms with Crippen molar-refractivity contribution >= 4 is 34.6 Å². The van der Waals surface area contributed by atoms with E-state index in [-0.39, 0.29) is 0 Å². The summed E-state index contributed by atoms with van der Waals surface area (Å²) in [6.45, 7) is 5.86. The molecule has 0 spiro atoms. The number of anilines is 1. The molecule has 1 N–H and O–H groups in total. The Kier molecular flexibility index (Phi) is 8.11. The summed E-state index contributed by atoms with van der Waals surface area (Å²) >= 11 is 12.5. The standard InChI is InChI=1S/C28H34ClN3S/c1-21-11-9-17-27(22(21)2)30-28(33)32(24-13-5-3-4-6-14-24)20-25-15-10-18-31(25)19-23-12-7-8-16-26(23)29/h7-12,15-18,24H,3-6,13-14,19-20H2,1-2H3,(H,30,33). The van der Waals surface area contributed by atoms with E-state index in [4.69, 9.17) is 23.8 Å². The van der Waals surface area contributed by atoms with Crippen LogP contribution in [-0.2, 0) is 13.1 Å². The van der Waals surface area contributed by atoms with Gasteiger partial charge in [-0.15, -0.1) is 0 Å². The van der Waals surface area contributed by atoms with Crippen molar-refractivity contribution in [2.45, 2.75) is 71.5 Å². The van der Waals surface area contributed by atoms with Crippen LogP contribution in [0.2, 0.25) is 5.02 Å². The Hall–Kier alpha value is -2.30. The van der Waals surface area contributed by atoms with Gasteiger partial charge < -0.3 is 14.8 Å². The molecule has 0 bridgehead atoms. The molecular weight excluding hydrogens is 446 g/mol. The fourth-order valence-electron chi connectivity index (χ4n) is 4.74. The van der Waals surface area contributed by atoms with Gasteiger partial charge in [-0.1, -0.05) is 67.6 Å². The van der Waals surface area contributed by atoms with Gasteiger partial charge in [0.2, 0.25) is 0 Å². The quantitative estimate of drug-likeness (QED) is 0.288. The zero-order valence-electron chi connectivity index (χ0n) is 19.7. The molecular formula is C28H34ClN3S. The molecule has 4 rings (SSSR count). The van der Waals surface area contributed by atoms with E-state index in [1.54, 1.807) is 0 Å². The van der Waals surface area contributed by atoms with Crippen LogP contribution >= 0.6 is 23.8 Å². The number of rotatable bonds is 6. The molecule has 1 saturated carbocycles. The number of aromatic nitrogens is 1. The van der Waals surface area contributed by atoms with Crippen molar-refractivity contribution in [1.29, 1.82) is 0 Å². The average molecular weight is 480 g/mol. The molecule has 0 radical (unpaired) electrons. The number of halogens is 1. The van der Waals surface area contributed by atoms with Crippen molar-refractivity contribution in [3.63, 3.8) is 0 Å². The SMILES string of the molecule is Cc1cccc(NC(=S)N(Cc2cccn2Cc2ccccc2Cl)C2CCCCCC2)c1C. The van der Waals surface area contributed by atoms with Crippen molar-refractivity contribution in [1.82, 2.24) is 9.47 Å². The summed E-state index contributed by atoms with van der Waals surface area (Å²) in [6, 6.07) is 19.2. The number of hydrogen-bond acceptors (Lipinski definition) is 1. The van der Waals surface area contributed by atoms with Gasteiger partial charge in [-0.2, -0.15) is 0 Å². The summed E-state index contributed by atoms with van der Waals surface area (Å²) in [4.78, 5) is 2.43. The molecule has 1 aromatic heterocycles. The molecule has 0 saturated heterocycles. The summed E-state index contributed by atoms with van der Waals surface area (Å²) in [5.74, 6) is 0. The van der Waals surface area contributed by atoms with E-state index in [9.17, 15) is 0 Å². The molecule has 0 amide bonds. The fraction of sp³-hybridized carbons (Fsp3) is 0.393. The van der Waals surface area contributed by atoms with Crippen LogP contribution in [0.3, 0.4) is 0 Å². The van der Waals surface area contributed by atoms with Crippen molar-refractivity contribution in [3.05, 3.63) is 88.2 Å². The van der Waals surface area contributed by atoms with Crippen molar-refractivity contribution < 1.29 is 0 Å². The fourth-order valence-corrected chi connectivity index (χ4v) is 5.26. The normalized spacial score (nSPS) is 14.6. The predicted octanol–water partition coefficient (Wildman–Crippen LogP) is 7.73. The summed E-state index contributed by atoms with van der Waals surface area (Å²) in [6.07, 6.45) is 9.72. The molecule has 1 aliphatic rings. The first-order valence-electron chi connectivity index (χ1n) is 12.0. The van der Waals surface area contributed by atoms with E-state index in [2.05, 4.69) is 71.2 Å². The number of hydrogen-bond donors (Lipinski definition) is 1. The zero-order valence-corrected chi connectivity index (χ0v) is 21.3. The smallest absolute Gasteiger partial charge is 0.174 e. The van der Waals surface area contributed by atoms with Crippen molar-refractivity contribution in [3.8, 4) is 0 Å². The summed E-state index contributed by atoms with van der Waals surface area (Å²) in [7, 11) is 0. The second-order valence-electron chi connectivity index (χ2n) is 9.17. The highest BCUT2D eigenvalue weighted by molar-refractivity contribution is 7.80. The minimum absolute atomic E-state index is 0.460. The number of benzene rings is 2. The van der Waals surface area contributed by atoms with Gasteiger partial charge in [0.1, 0.15) is 0 Å². The number of thiocarbonyl (C=S) groups is 1. The van der Waals surface area contributed by atoms with E-state index >= 15 is 0 Å². The van der Waals surface area contributed by atoms with Gasteiger partial charge in [0, 0.05) is 35.2 Å². The molecule has 3 nitrogen and oxygen atoms in total. The summed E-state index contributed by atoms with van der Waals surface area (Å²) < 4.78 is 2.30. The van der Waals surface area contributed by atoms with E-state index < -0.39 is 0 Å². The van der Waals surface area contributed by atoms with Crippen LogP contribution < -0.4 is 5.32 Å². The maximum absolute atomic E-state index is 6.45. The Bertz CT molecular complexity index is 1080. The molecule has 33 heavy (non-hydrogen) atoms. The maximum atomic E-state index is 6.45.